The second kappa shape index (κ2) is 8.37. The van der Waals surface area contributed by atoms with Gasteiger partial charge in [-0.05, 0) is 79.6 Å². The van der Waals surface area contributed by atoms with Crippen LogP contribution in [-0.4, -0.2) is 18.2 Å². The fraction of sp³-hybridized carbons (Fsp3) is 0.316. The summed E-state index contributed by atoms with van der Waals surface area (Å²) in [6.07, 6.45) is 0.349. The number of carbonyl (C=O) groups is 1. The summed E-state index contributed by atoms with van der Waals surface area (Å²) < 4.78 is 12.1. The maximum absolute atomic E-state index is 11.6. The molecule has 2 aromatic carbocycles. The van der Waals surface area contributed by atoms with E-state index in [1.54, 1.807) is 0 Å². The quantitative estimate of drug-likeness (QED) is 0.656. The van der Waals surface area contributed by atoms with Crippen LogP contribution in [0.1, 0.15) is 26.3 Å². The van der Waals surface area contributed by atoms with Crippen LogP contribution in [0.3, 0.4) is 0 Å². The number of para-hydroxylation sites is 1. The number of amides is 1. The minimum Gasteiger partial charge on any atom is -0.456 e. The molecule has 0 aliphatic carbocycles. The third-order valence-electron chi connectivity index (χ3n) is 3.05. The zero-order chi connectivity index (χ0) is 17.6. The Morgan fingerprint density at radius 2 is 1.83 bits per heavy atom. The number of alkyl carbamates (subject to hydrolysis) is 1. The lowest BCUT2D eigenvalue weighted by Crippen LogP contribution is -2.33. The van der Waals surface area contributed by atoms with Crippen LogP contribution < -0.4 is 10.1 Å². The van der Waals surface area contributed by atoms with Crippen molar-refractivity contribution in [2.45, 2.75) is 32.8 Å². The van der Waals surface area contributed by atoms with Crippen molar-refractivity contribution in [3.8, 4) is 11.5 Å². The van der Waals surface area contributed by atoms with Crippen LogP contribution in [0.25, 0.3) is 0 Å². The number of nitrogens with one attached hydrogen (secondary N) is 1. The zero-order valence-corrected chi connectivity index (χ0v) is 16.3. The van der Waals surface area contributed by atoms with Crippen molar-refractivity contribution in [3.05, 3.63) is 57.7 Å². The highest BCUT2D eigenvalue weighted by molar-refractivity contribution is 14.1. The van der Waals surface area contributed by atoms with E-state index in [1.807, 2.05) is 63.2 Å². The minimum absolute atomic E-state index is 0.388. The predicted molar refractivity (Wildman–Crippen MR) is 104 cm³/mol. The molecule has 0 fully saturated rings. The lowest BCUT2D eigenvalue weighted by atomic mass is 10.1. The molecule has 0 spiro atoms. The van der Waals surface area contributed by atoms with Gasteiger partial charge >= 0.3 is 6.09 Å². The zero-order valence-electron chi connectivity index (χ0n) is 14.1. The predicted octanol–water partition coefficient (Wildman–Crippen LogP) is 5.15. The summed E-state index contributed by atoms with van der Waals surface area (Å²) in [7, 11) is 0. The lowest BCUT2D eigenvalue weighted by Gasteiger charge is -2.19. The molecule has 2 aromatic rings. The fourth-order valence-electron chi connectivity index (χ4n) is 2.02. The Bertz CT molecular complexity index is 681. The third kappa shape index (κ3) is 6.39. The SMILES string of the molecule is CC(C)(C)OC(=O)NCCc1ccc(Oc2ccccc2)c(I)c1. The van der Waals surface area contributed by atoms with Crippen molar-refractivity contribution in [3.63, 3.8) is 0 Å². The molecule has 0 aliphatic heterocycles. The van der Waals surface area contributed by atoms with E-state index in [0.29, 0.717) is 6.54 Å². The van der Waals surface area contributed by atoms with E-state index in [2.05, 4.69) is 34.0 Å². The van der Waals surface area contributed by atoms with Gasteiger partial charge in [0.2, 0.25) is 0 Å². The van der Waals surface area contributed by atoms with Gasteiger partial charge in [-0.3, -0.25) is 0 Å². The van der Waals surface area contributed by atoms with Crippen LogP contribution in [0.4, 0.5) is 4.79 Å². The van der Waals surface area contributed by atoms with E-state index >= 15 is 0 Å². The Kier molecular flexibility index (Phi) is 6.48. The van der Waals surface area contributed by atoms with E-state index < -0.39 is 5.60 Å². The van der Waals surface area contributed by atoms with Crippen molar-refractivity contribution in [2.24, 2.45) is 0 Å². The van der Waals surface area contributed by atoms with Crippen LogP contribution in [0.15, 0.2) is 48.5 Å². The Hall–Kier alpha value is -1.76. The van der Waals surface area contributed by atoms with Crippen LogP contribution in [0.2, 0.25) is 0 Å². The van der Waals surface area contributed by atoms with Gasteiger partial charge in [0.25, 0.3) is 0 Å². The van der Waals surface area contributed by atoms with Crippen molar-refractivity contribution >= 4 is 28.7 Å². The monoisotopic (exact) mass is 439 g/mol. The molecule has 0 unspecified atom stereocenters. The average molecular weight is 439 g/mol. The van der Waals surface area contributed by atoms with Crippen molar-refractivity contribution in [2.75, 3.05) is 6.54 Å². The largest absolute Gasteiger partial charge is 0.456 e. The highest BCUT2D eigenvalue weighted by Crippen LogP contribution is 2.27. The smallest absolute Gasteiger partial charge is 0.407 e. The maximum atomic E-state index is 11.6. The Morgan fingerprint density at radius 1 is 1.12 bits per heavy atom. The van der Waals surface area contributed by atoms with E-state index in [0.717, 1.165) is 27.1 Å². The van der Waals surface area contributed by atoms with Crippen LogP contribution in [-0.2, 0) is 11.2 Å². The first-order valence-electron chi connectivity index (χ1n) is 7.82. The minimum atomic E-state index is -0.476. The standard InChI is InChI=1S/C19H22INO3/c1-19(2,3)24-18(22)21-12-11-14-9-10-17(16(20)13-14)23-15-7-5-4-6-8-15/h4-10,13H,11-12H2,1-3H3,(H,21,22). The first-order valence-corrected chi connectivity index (χ1v) is 8.89. The Morgan fingerprint density at radius 3 is 2.46 bits per heavy atom. The van der Waals surface area contributed by atoms with Gasteiger partial charge in [-0.15, -0.1) is 0 Å². The molecule has 0 saturated heterocycles. The Balaban J connectivity index is 1.87. The number of hydrogen-bond donors (Lipinski definition) is 1. The fourth-order valence-corrected chi connectivity index (χ4v) is 2.71. The van der Waals surface area contributed by atoms with Crippen molar-refractivity contribution in [1.82, 2.24) is 5.32 Å². The third-order valence-corrected chi connectivity index (χ3v) is 3.89. The molecule has 0 heterocycles. The first kappa shape index (κ1) is 18.6. The molecular formula is C19H22INO3. The molecule has 24 heavy (non-hydrogen) atoms. The van der Waals surface area contributed by atoms with Gasteiger partial charge in [-0.1, -0.05) is 24.3 Å². The molecule has 128 valence electrons. The summed E-state index contributed by atoms with van der Waals surface area (Å²) in [6, 6.07) is 15.7. The van der Waals surface area contributed by atoms with E-state index in [-0.39, 0.29) is 6.09 Å². The molecule has 5 heteroatoms. The van der Waals surface area contributed by atoms with Gasteiger partial charge in [0.1, 0.15) is 17.1 Å². The van der Waals surface area contributed by atoms with Gasteiger partial charge < -0.3 is 14.8 Å². The van der Waals surface area contributed by atoms with Crippen LogP contribution in [0.5, 0.6) is 11.5 Å². The van der Waals surface area contributed by atoms with E-state index in [1.165, 1.54) is 0 Å². The molecule has 0 radical (unpaired) electrons. The molecule has 1 N–H and O–H groups in total. The van der Waals surface area contributed by atoms with Gasteiger partial charge in [0.15, 0.2) is 0 Å². The van der Waals surface area contributed by atoms with Gasteiger partial charge in [-0.25, -0.2) is 4.79 Å². The average Bonchev–Trinajstić information content (AvgIpc) is 2.49. The number of hydrogen-bond acceptors (Lipinski definition) is 3. The van der Waals surface area contributed by atoms with Crippen LogP contribution in [0, 0.1) is 3.57 Å². The van der Waals surface area contributed by atoms with Crippen LogP contribution >= 0.6 is 22.6 Å². The lowest BCUT2D eigenvalue weighted by molar-refractivity contribution is 0.0528. The molecular weight excluding hydrogens is 417 g/mol. The second-order valence-electron chi connectivity index (χ2n) is 6.36. The molecule has 0 aliphatic rings. The molecule has 0 saturated carbocycles. The Labute approximate surface area is 156 Å². The number of carbonyl (C=O) groups excluding carboxylic acids is 1. The van der Waals surface area contributed by atoms with E-state index in [4.69, 9.17) is 9.47 Å². The van der Waals surface area contributed by atoms with Gasteiger partial charge in [0, 0.05) is 6.54 Å². The summed E-state index contributed by atoms with van der Waals surface area (Å²) in [5.41, 5.74) is 0.659. The van der Waals surface area contributed by atoms with E-state index in [9.17, 15) is 4.79 Å². The highest BCUT2D eigenvalue weighted by atomic mass is 127. The normalized spacial score (nSPS) is 11.0. The molecule has 1 amide bonds. The van der Waals surface area contributed by atoms with Gasteiger partial charge in [0.05, 0.1) is 3.57 Å². The van der Waals surface area contributed by atoms with Crippen molar-refractivity contribution < 1.29 is 14.3 Å². The molecule has 0 atom stereocenters. The summed E-state index contributed by atoms with van der Waals surface area (Å²) in [5.74, 6) is 1.64. The maximum Gasteiger partial charge on any atom is 0.407 e. The number of rotatable bonds is 5. The number of ether oxygens (including phenoxy) is 2. The second-order valence-corrected chi connectivity index (χ2v) is 7.52. The summed E-state index contributed by atoms with van der Waals surface area (Å²) >= 11 is 2.26. The molecule has 0 aromatic heterocycles. The molecule has 2 rings (SSSR count). The van der Waals surface area contributed by atoms with Crippen molar-refractivity contribution in [1.29, 1.82) is 0 Å². The molecule has 0 bridgehead atoms. The molecule has 4 nitrogen and oxygen atoms in total. The number of halogens is 1. The first-order chi connectivity index (χ1) is 11.3. The summed E-state index contributed by atoms with van der Waals surface area (Å²) in [5, 5.41) is 2.77. The summed E-state index contributed by atoms with van der Waals surface area (Å²) in [6.45, 7) is 6.07. The number of benzene rings is 2. The highest BCUT2D eigenvalue weighted by Gasteiger charge is 2.15. The summed E-state index contributed by atoms with van der Waals surface area (Å²) in [4.78, 5) is 11.6. The van der Waals surface area contributed by atoms with Gasteiger partial charge in [-0.2, -0.15) is 0 Å². The topological polar surface area (TPSA) is 47.6 Å².